The van der Waals surface area contributed by atoms with Crippen molar-refractivity contribution in [2.75, 3.05) is 0 Å². The number of carboxylic acids is 1. The molecule has 0 radical (unpaired) electrons. The molecule has 1 unspecified atom stereocenters. The molecule has 1 aliphatic rings. The normalized spacial score (nSPS) is 17.5. The van der Waals surface area contributed by atoms with Crippen molar-refractivity contribution < 1.29 is 9.90 Å². The fraction of sp³-hybridized carbons (Fsp3) is 0.278. The molecule has 2 aromatic rings. The molecule has 2 nitrogen and oxygen atoms in total. The van der Waals surface area contributed by atoms with E-state index in [1.807, 2.05) is 18.2 Å². The van der Waals surface area contributed by atoms with Gasteiger partial charge < -0.3 is 5.11 Å². The van der Waals surface area contributed by atoms with Crippen molar-refractivity contribution in [1.29, 1.82) is 0 Å². The van der Waals surface area contributed by atoms with E-state index in [0.717, 1.165) is 25.7 Å². The van der Waals surface area contributed by atoms with Crippen LogP contribution in [0.15, 0.2) is 48.5 Å². The molecule has 20 heavy (non-hydrogen) atoms. The highest BCUT2D eigenvalue weighted by atomic mass is 16.4. The molecule has 0 amide bonds. The predicted molar refractivity (Wildman–Crippen MR) is 79.1 cm³/mol. The standard InChI is InChI=1S/C18H18O2/c19-18(20)17-9-8-15-11-14(6-7-16(15)12-17)10-13-4-2-1-3-5-13/h1-5,8-9,12,14H,6-7,10-11H2,(H,19,20). The molecule has 0 aliphatic heterocycles. The molecule has 1 N–H and O–H groups in total. The molecule has 0 fully saturated rings. The average Bonchev–Trinajstić information content (AvgIpc) is 2.47. The van der Waals surface area contributed by atoms with E-state index in [2.05, 4.69) is 24.3 Å². The van der Waals surface area contributed by atoms with Crippen molar-refractivity contribution in [1.82, 2.24) is 0 Å². The number of carbonyl (C=O) groups is 1. The van der Waals surface area contributed by atoms with E-state index in [1.165, 1.54) is 16.7 Å². The van der Waals surface area contributed by atoms with E-state index in [-0.39, 0.29) is 0 Å². The van der Waals surface area contributed by atoms with Gasteiger partial charge in [-0.2, -0.15) is 0 Å². The van der Waals surface area contributed by atoms with Crippen LogP contribution in [-0.4, -0.2) is 11.1 Å². The Hall–Kier alpha value is -2.09. The summed E-state index contributed by atoms with van der Waals surface area (Å²) >= 11 is 0. The third-order valence-electron chi connectivity index (χ3n) is 4.15. The van der Waals surface area contributed by atoms with E-state index in [4.69, 9.17) is 5.11 Å². The fourth-order valence-electron chi connectivity index (χ4n) is 3.09. The first-order chi connectivity index (χ1) is 9.72. The van der Waals surface area contributed by atoms with E-state index >= 15 is 0 Å². The maximum absolute atomic E-state index is 11.0. The summed E-state index contributed by atoms with van der Waals surface area (Å²) in [6.45, 7) is 0. The van der Waals surface area contributed by atoms with E-state index in [0.29, 0.717) is 11.5 Å². The van der Waals surface area contributed by atoms with Gasteiger partial charge in [0.1, 0.15) is 0 Å². The highest BCUT2D eigenvalue weighted by molar-refractivity contribution is 5.87. The van der Waals surface area contributed by atoms with Gasteiger partial charge in [0.2, 0.25) is 0 Å². The molecule has 2 heteroatoms. The topological polar surface area (TPSA) is 37.3 Å². The molecule has 102 valence electrons. The lowest BCUT2D eigenvalue weighted by Crippen LogP contribution is -2.17. The largest absolute Gasteiger partial charge is 0.478 e. The highest BCUT2D eigenvalue weighted by Gasteiger charge is 2.20. The summed E-state index contributed by atoms with van der Waals surface area (Å²) in [6, 6.07) is 16.2. The van der Waals surface area contributed by atoms with Gasteiger partial charge in [0.25, 0.3) is 0 Å². The maximum Gasteiger partial charge on any atom is 0.335 e. The lowest BCUT2D eigenvalue weighted by atomic mass is 9.80. The van der Waals surface area contributed by atoms with Gasteiger partial charge in [-0.25, -0.2) is 4.79 Å². The summed E-state index contributed by atoms with van der Waals surface area (Å²) in [6.07, 6.45) is 4.31. The zero-order chi connectivity index (χ0) is 13.9. The molecule has 0 saturated heterocycles. The van der Waals surface area contributed by atoms with Gasteiger partial charge in [0.15, 0.2) is 0 Å². The second-order valence-corrected chi connectivity index (χ2v) is 5.59. The van der Waals surface area contributed by atoms with Crippen molar-refractivity contribution in [3.63, 3.8) is 0 Å². The van der Waals surface area contributed by atoms with Crippen LogP contribution in [-0.2, 0) is 19.3 Å². The van der Waals surface area contributed by atoms with Crippen LogP contribution in [0.5, 0.6) is 0 Å². The molecule has 0 aromatic heterocycles. The van der Waals surface area contributed by atoms with E-state index < -0.39 is 5.97 Å². The maximum atomic E-state index is 11.0. The van der Waals surface area contributed by atoms with Crippen LogP contribution in [0.3, 0.4) is 0 Å². The quantitative estimate of drug-likeness (QED) is 0.919. The first kappa shape index (κ1) is 12.9. The molecule has 0 bridgehead atoms. The second-order valence-electron chi connectivity index (χ2n) is 5.59. The molecule has 0 heterocycles. The Bertz CT molecular complexity index is 617. The minimum absolute atomic E-state index is 0.408. The van der Waals surface area contributed by atoms with Crippen molar-refractivity contribution in [2.45, 2.75) is 25.7 Å². The Morgan fingerprint density at radius 2 is 1.90 bits per heavy atom. The zero-order valence-corrected chi connectivity index (χ0v) is 11.4. The number of aromatic carboxylic acids is 1. The molecule has 0 saturated carbocycles. The van der Waals surface area contributed by atoms with Crippen molar-refractivity contribution in [2.24, 2.45) is 5.92 Å². The smallest absolute Gasteiger partial charge is 0.335 e. The van der Waals surface area contributed by atoms with Crippen LogP contribution in [0, 0.1) is 5.92 Å². The third-order valence-corrected chi connectivity index (χ3v) is 4.15. The number of benzene rings is 2. The fourth-order valence-corrected chi connectivity index (χ4v) is 3.09. The summed E-state index contributed by atoms with van der Waals surface area (Å²) in [5, 5.41) is 9.03. The number of hydrogen-bond acceptors (Lipinski definition) is 1. The summed E-state index contributed by atoms with van der Waals surface area (Å²) < 4.78 is 0. The van der Waals surface area contributed by atoms with Crippen LogP contribution in [0.4, 0.5) is 0 Å². The van der Waals surface area contributed by atoms with Crippen molar-refractivity contribution in [3.8, 4) is 0 Å². The molecular weight excluding hydrogens is 248 g/mol. The van der Waals surface area contributed by atoms with Crippen molar-refractivity contribution >= 4 is 5.97 Å². The number of hydrogen-bond donors (Lipinski definition) is 1. The molecule has 0 spiro atoms. The Labute approximate surface area is 119 Å². The Morgan fingerprint density at radius 3 is 2.65 bits per heavy atom. The lowest BCUT2D eigenvalue weighted by Gasteiger charge is -2.25. The Kier molecular flexibility index (Phi) is 3.55. The average molecular weight is 266 g/mol. The van der Waals surface area contributed by atoms with Crippen LogP contribution in [0.25, 0.3) is 0 Å². The second kappa shape index (κ2) is 5.49. The monoisotopic (exact) mass is 266 g/mol. The lowest BCUT2D eigenvalue weighted by molar-refractivity contribution is 0.0696. The van der Waals surface area contributed by atoms with Crippen LogP contribution >= 0.6 is 0 Å². The number of fused-ring (bicyclic) bond motifs is 1. The van der Waals surface area contributed by atoms with Gasteiger partial charge in [-0.3, -0.25) is 0 Å². The van der Waals surface area contributed by atoms with Gasteiger partial charge in [0.05, 0.1) is 5.56 Å². The van der Waals surface area contributed by atoms with Crippen LogP contribution in [0.1, 0.15) is 33.5 Å². The van der Waals surface area contributed by atoms with E-state index in [9.17, 15) is 4.79 Å². The van der Waals surface area contributed by atoms with Gasteiger partial charge in [-0.1, -0.05) is 36.4 Å². The summed E-state index contributed by atoms with van der Waals surface area (Å²) in [5.74, 6) is -0.167. The summed E-state index contributed by atoms with van der Waals surface area (Å²) in [5.41, 5.74) is 4.34. The Balaban J connectivity index is 1.74. The third kappa shape index (κ3) is 2.74. The van der Waals surface area contributed by atoms with Crippen LogP contribution in [0.2, 0.25) is 0 Å². The minimum atomic E-state index is -0.834. The molecule has 1 aliphatic carbocycles. The minimum Gasteiger partial charge on any atom is -0.478 e. The summed E-state index contributed by atoms with van der Waals surface area (Å²) in [7, 11) is 0. The first-order valence-electron chi connectivity index (χ1n) is 7.11. The number of carboxylic acid groups (broad SMARTS) is 1. The van der Waals surface area contributed by atoms with Crippen LogP contribution < -0.4 is 0 Å². The first-order valence-corrected chi connectivity index (χ1v) is 7.11. The summed E-state index contributed by atoms with van der Waals surface area (Å²) in [4.78, 5) is 11.0. The molecular formula is C18H18O2. The SMILES string of the molecule is O=C(O)c1ccc2c(c1)CCC(Cc1ccccc1)C2. The molecule has 2 aromatic carbocycles. The molecule has 1 atom stereocenters. The Morgan fingerprint density at radius 1 is 1.10 bits per heavy atom. The number of rotatable bonds is 3. The van der Waals surface area contributed by atoms with Gasteiger partial charge in [0, 0.05) is 0 Å². The van der Waals surface area contributed by atoms with Gasteiger partial charge in [-0.05, 0) is 60.4 Å². The predicted octanol–water partition coefficient (Wildman–Crippen LogP) is 3.73. The molecule has 3 rings (SSSR count). The highest BCUT2D eigenvalue weighted by Crippen LogP contribution is 2.28. The van der Waals surface area contributed by atoms with Gasteiger partial charge >= 0.3 is 5.97 Å². The number of aryl methyl sites for hydroxylation is 1. The zero-order valence-electron chi connectivity index (χ0n) is 11.4. The van der Waals surface area contributed by atoms with E-state index in [1.54, 1.807) is 6.07 Å². The van der Waals surface area contributed by atoms with Gasteiger partial charge in [-0.15, -0.1) is 0 Å². The van der Waals surface area contributed by atoms with Crippen molar-refractivity contribution in [3.05, 3.63) is 70.8 Å².